The van der Waals surface area contributed by atoms with Gasteiger partial charge in [0.15, 0.2) is 16.7 Å². The van der Waals surface area contributed by atoms with Crippen LogP contribution in [0.1, 0.15) is 5.56 Å². The maximum atomic E-state index is 12.8. The summed E-state index contributed by atoms with van der Waals surface area (Å²) < 4.78 is 36.4. The van der Waals surface area contributed by atoms with E-state index in [0.717, 1.165) is 36.0 Å². The average Bonchev–Trinajstić information content (AvgIpc) is 3.21. The number of halogens is 3. The molecular formula is C23H14BrCl2N3O7S2. The van der Waals surface area contributed by atoms with E-state index in [1.54, 1.807) is 24.3 Å². The number of hydrogen-bond acceptors (Lipinski definition) is 9. The minimum Gasteiger partial charge on any atom is -0.493 e. The van der Waals surface area contributed by atoms with Crippen LogP contribution in [0.4, 0.5) is 11.4 Å². The zero-order chi connectivity index (χ0) is 27.6. The van der Waals surface area contributed by atoms with Gasteiger partial charge in [-0.2, -0.15) is 8.42 Å². The summed E-state index contributed by atoms with van der Waals surface area (Å²) in [5.41, 5.74) is 0.620. The third kappa shape index (κ3) is 6.30. The molecule has 1 N–H and O–H groups in total. The number of methoxy groups -OCH3 is 1. The maximum absolute atomic E-state index is 12.8. The zero-order valence-electron chi connectivity index (χ0n) is 19.0. The van der Waals surface area contributed by atoms with Gasteiger partial charge in [-0.3, -0.25) is 14.9 Å². The molecule has 38 heavy (non-hydrogen) atoms. The first-order valence-electron chi connectivity index (χ1n) is 10.3. The molecule has 0 saturated carbocycles. The van der Waals surface area contributed by atoms with Crippen LogP contribution in [0.2, 0.25) is 10.0 Å². The number of ether oxygens (including phenoxy) is 1. The Morgan fingerprint density at radius 2 is 1.84 bits per heavy atom. The van der Waals surface area contributed by atoms with Gasteiger partial charge in [-0.1, -0.05) is 23.2 Å². The topological polar surface area (TPSA) is 137 Å². The molecule has 0 aromatic heterocycles. The Morgan fingerprint density at radius 1 is 1.13 bits per heavy atom. The lowest BCUT2D eigenvalue weighted by molar-refractivity contribution is -0.384. The van der Waals surface area contributed by atoms with Crippen LogP contribution in [0.5, 0.6) is 11.5 Å². The summed E-state index contributed by atoms with van der Waals surface area (Å²) in [5, 5.41) is 14.6. The molecule has 1 aliphatic rings. The molecular weight excluding hydrogens is 645 g/mol. The number of nitrogens with zero attached hydrogens (tertiary/aromatic N) is 2. The van der Waals surface area contributed by atoms with Crippen molar-refractivity contribution in [2.75, 3.05) is 7.11 Å². The molecule has 0 atom stereocenters. The highest BCUT2D eigenvalue weighted by molar-refractivity contribution is 9.10. The number of nitrogens with one attached hydrogen (secondary N) is 1. The minimum atomic E-state index is -4.35. The number of carbonyl (C=O) groups excluding carboxylic acids is 1. The molecule has 0 spiro atoms. The second kappa shape index (κ2) is 11.3. The molecule has 0 radical (unpaired) electrons. The molecule has 4 rings (SSSR count). The summed E-state index contributed by atoms with van der Waals surface area (Å²) in [6, 6.07) is 12.0. The molecule has 10 nitrogen and oxygen atoms in total. The van der Waals surface area contributed by atoms with Crippen LogP contribution >= 0.6 is 50.9 Å². The number of nitro groups is 1. The largest absolute Gasteiger partial charge is 0.493 e. The molecule has 3 aromatic rings. The van der Waals surface area contributed by atoms with Crippen molar-refractivity contribution >= 4 is 89.5 Å². The fourth-order valence-corrected chi connectivity index (χ4v) is 5.87. The van der Waals surface area contributed by atoms with Crippen molar-refractivity contribution in [1.82, 2.24) is 5.32 Å². The van der Waals surface area contributed by atoms with Crippen LogP contribution < -0.4 is 14.2 Å². The molecule has 0 aliphatic carbocycles. The van der Waals surface area contributed by atoms with E-state index in [-0.39, 0.29) is 26.6 Å². The molecule has 196 valence electrons. The Morgan fingerprint density at radius 3 is 2.50 bits per heavy atom. The lowest BCUT2D eigenvalue weighted by Crippen LogP contribution is -2.19. The molecule has 1 aliphatic heterocycles. The van der Waals surface area contributed by atoms with Crippen molar-refractivity contribution in [3.8, 4) is 11.5 Å². The standard InChI is InChI=1S/C23H14BrCl2N3O7S2/c1-35-19-9-12(10-20-22(30)28-23(37-20)27-18-11-13(25)2-7-17(18)26)8-16(24)21(19)36-38(33,34)15-5-3-14(4-6-15)29(31)32/h2-11H,1H3,(H,27,28,30)/b20-10+. The van der Waals surface area contributed by atoms with Crippen LogP contribution in [0.25, 0.3) is 6.08 Å². The van der Waals surface area contributed by atoms with Gasteiger partial charge in [-0.05, 0) is 81.8 Å². The lowest BCUT2D eigenvalue weighted by Gasteiger charge is -2.13. The van der Waals surface area contributed by atoms with Gasteiger partial charge >= 0.3 is 10.1 Å². The van der Waals surface area contributed by atoms with Gasteiger partial charge in [0.2, 0.25) is 0 Å². The number of non-ortho nitro benzene ring substituents is 1. The third-order valence-electron chi connectivity index (χ3n) is 4.86. The number of amides is 1. The number of amidine groups is 1. The van der Waals surface area contributed by atoms with E-state index >= 15 is 0 Å². The number of aliphatic imine (C=N–C) groups is 1. The summed E-state index contributed by atoms with van der Waals surface area (Å²) in [6.07, 6.45) is 1.56. The predicted octanol–water partition coefficient (Wildman–Crippen LogP) is 6.33. The number of rotatable bonds is 7. The Bertz CT molecular complexity index is 1630. The highest BCUT2D eigenvalue weighted by atomic mass is 79.9. The molecule has 15 heteroatoms. The molecule has 1 heterocycles. The Kier molecular flexibility index (Phi) is 8.33. The Hall–Kier alpha value is -3.10. The van der Waals surface area contributed by atoms with E-state index in [9.17, 15) is 23.3 Å². The van der Waals surface area contributed by atoms with Gasteiger partial charge in [0.1, 0.15) is 4.90 Å². The highest BCUT2D eigenvalue weighted by Crippen LogP contribution is 2.40. The van der Waals surface area contributed by atoms with Crippen molar-refractivity contribution in [3.05, 3.63) is 89.7 Å². The maximum Gasteiger partial charge on any atom is 0.339 e. The van der Waals surface area contributed by atoms with Crippen molar-refractivity contribution in [1.29, 1.82) is 0 Å². The number of thioether (sulfide) groups is 1. The van der Waals surface area contributed by atoms with Gasteiger partial charge in [-0.25, -0.2) is 4.99 Å². The second-order valence-corrected chi connectivity index (χ2v) is 11.7. The predicted molar refractivity (Wildman–Crippen MR) is 149 cm³/mol. The fraction of sp³-hybridized carbons (Fsp3) is 0.0435. The molecule has 0 unspecified atom stereocenters. The van der Waals surface area contributed by atoms with Gasteiger partial charge in [0.05, 0.1) is 32.1 Å². The molecule has 1 amide bonds. The van der Waals surface area contributed by atoms with E-state index < -0.39 is 20.9 Å². The van der Waals surface area contributed by atoms with Crippen molar-refractivity contribution < 1.29 is 27.1 Å². The normalized spacial score (nSPS) is 15.5. The molecule has 1 saturated heterocycles. The monoisotopic (exact) mass is 657 g/mol. The van der Waals surface area contributed by atoms with Crippen LogP contribution in [-0.2, 0) is 14.9 Å². The van der Waals surface area contributed by atoms with Crippen LogP contribution in [0, 0.1) is 10.1 Å². The van der Waals surface area contributed by atoms with Crippen molar-refractivity contribution in [2.24, 2.45) is 4.99 Å². The van der Waals surface area contributed by atoms with E-state index in [2.05, 4.69) is 26.2 Å². The van der Waals surface area contributed by atoms with E-state index in [0.29, 0.717) is 31.4 Å². The van der Waals surface area contributed by atoms with Crippen molar-refractivity contribution in [2.45, 2.75) is 4.90 Å². The summed E-state index contributed by atoms with van der Waals surface area (Å²) in [7, 11) is -3.03. The van der Waals surface area contributed by atoms with Crippen LogP contribution in [0.3, 0.4) is 0 Å². The molecule has 0 bridgehead atoms. The summed E-state index contributed by atoms with van der Waals surface area (Å²) in [6.45, 7) is 0. The zero-order valence-corrected chi connectivity index (χ0v) is 23.7. The first-order chi connectivity index (χ1) is 18.0. The van der Waals surface area contributed by atoms with E-state index in [1.807, 2.05) is 0 Å². The smallest absolute Gasteiger partial charge is 0.339 e. The first-order valence-corrected chi connectivity index (χ1v) is 14.1. The molecule has 1 fully saturated rings. The lowest BCUT2D eigenvalue weighted by atomic mass is 10.2. The third-order valence-corrected chi connectivity index (χ3v) is 8.15. The van der Waals surface area contributed by atoms with Gasteiger partial charge < -0.3 is 14.2 Å². The van der Waals surface area contributed by atoms with Gasteiger partial charge in [0.25, 0.3) is 11.6 Å². The van der Waals surface area contributed by atoms with Gasteiger partial charge in [0, 0.05) is 17.2 Å². The quantitative estimate of drug-likeness (QED) is 0.135. The average molecular weight is 659 g/mol. The Labute approximate surface area is 239 Å². The summed E-state index contributed by atoms with van der Waals surface area (Å²) in [4.78, 5) is 27.1. The first kappa shape index (κ1) is 27.9. The summed E-state index contributed by atoms with van der Waals surface area (Å²) in [5.74, 6) is -0.489. The Balaban J connectivity index is 1.60. The number of carbonyl (C=O) groups is 1. The van der Waals surface area contributed by atoms with Crippen LogP contribution in [0.15, 0.2) is 73.9 Å². The number of benzene rings is 3. The fourth-order valence-electron chi connectivity index (χ4n) is 3.11. The second-order valence-electron chi connectivity index (χ2n) is 7.40. The number of hydrogen-bond donors (Lipinski definition) is 1. The van der Waals surface area contributed by atoms with Gasteiger partial charge in [-0.15, -0.1) is 0 Å². The van der Waals surface area contributed by atoms with Crippen LogP contribution in [-0.4, -0.2) is 31.5 Å². The highest BCUT2D eigenvalue weighted by Gasteiger charge is 2.26. The SMILES string of the molecule is COc1cc(/C=C2/SC(=Nc3cc(Cl)ccc3Cl)NC2=O)cc(Br)c1OS(=O)(=O)c1ccc([N+](=O)[O-])cc1. The molecule has 3 aromatic carbocycles. The minimum absolute atomic E-state index is 0.0553. The summed E-state index contributed by atoms with van der Waals surface area (Å²) >= 11 is 16.5. The van der Waals surface area contributed by atoms with E-state index in [4.69, 9.17) is 32.1 Å². The number of nitro benzene ring substituents is 1. The van der Waals surface area contributed by atoms with E-state index in [1.165, 1.54) is 19.2 Å². The van der Waals surface area contributed by atoms with Crippen molar-refractivity contribution in [3.63, 3.8) is 0 Å².